The first-order valence-corrected chi connectivity index (χ1v) is 4.73. The number of aromatic amines is 1. The van der Waals surface area contributed by atoms with Gasteiger partial charge in [0.25, 0.3) is 0 Å². The van der Waals surface area contributed by atoms with Crippen molar-refractivity contribution in [3.63, 3.8) is 0 Å². The van der Waals surface area contributed by atoms with Crippen LogP contribution in [0.5, 0.6) is 0 Å². The van der Waals surface area contributed by atoms with Crippen molar-refractivity contribution in [2.45, 2.75) is 0 Å². The topological polar surface area (TPSA) is 55.0 Å². The number of ether oxygens (including phenoxy) is 1. The number of esters is 1. The van der Waals surface area contributed by atoms with E-state index in [1.54, 1.807) is 12.1 Å². The largest absolute Gasteiger partial charge is 0.465 e. The molecule has 0 aliphatic rings. The summed E-state index contributed by atoms with van der Waals surface area (Å²) in [6.07, 6.45) is 0. The molecule has 0 aliphatic heterocycles. The molecule has 0 aliphatic carbocycles. The number of benzene rings is 1. The third-order valence-electron chi connectivity index (χ3n) is 1.93. The molecule has 1 heterocycles. The van der Waals surface area contributed by atoms with E-state index in [1.165, 1.54) is 7.11 Å². The predicted octanol–water partition coefficient (Wildman–Crippen LogP) is 2.11. The Labute approximate surface area is 88.4 Å². The zero-order valence-corrected chi connectivity index (χ0v) is 8.96. The molecular weight excluding hydrogens is 248 g/mol. The minimum Gasteiger partial charge on any atom is -0.465 e. The molecule has 72 valence electrons. The highest BCUT2D eigenvalue weighted by molar-refractivity contribution is 9.10. The molecular formula is C9H7BrN2O2. The van der Waals surface area contributed by atoms with Crippen molar-refractivity contribution in [3.05, 3.63) is 28.4 Å². The highest BCUT2D eigenvalue weighted by Crippen LogP contribution is 2.21. The van der Waals surface area contributed by atoms with Gasteiger partial charge in [-0.3, -0.25) is 5.10 Å². The van der Waals surface area contributed by atoms with E-state index >= 15 is 0 Å². The molecule has 2 aromatic rings. The molecule has 0 amide bonds. The van der Waals surface area contributed by atoms with Gasteiger partial charge in [-0.05, 0) is 34.1 Å². The first-order chi connectivity index (χ1) is 6.72. The molecule has 0 fully saturated rings. The number of rotatable bonds is 1. The second-order valence-corrected chi connectivity index (χ2v) is 3.55. The van der Waals surface area contributed by atoms with Gasteiger partial charge in [0.2, 0.25) is 0 Å². The van der Waals surface area contributed by atoms with Gasteiger partial charge < -0.3 is 4.74 Å². The maximum Gasteiger partial charge on any atom is 0.337 e. The molecule has 2 rings (SSSR count). The van der Waals surface area contributed by atoms with Crippen LogP contribution in [0, 0.1) is 0 Å². The minimum absolute atomic E-state index is 0.356. The van der Waals surface area contributed by atoms with Crippen molar-refractivity contribution in [2.24, 2.45) is 0 Å². The Balaban J connectivity index is 2.57. The Morgan fingerprint density at radius 2 is 2.36 bits per heavy atom. The van der Waals surface area contributed by atoms with E-state index in [9.17, 15) is 4.79 Å². The highest BCUT2D eigenvalue weighted by atomic mass is 79.9. The lowest BCUT2D eigenvalue weighted by Crippen LogP contribution is -2.00. The zero-order chi connectivity index (χ0) is 10.1. The van der Waals surface area contributed by atoms with Gasteiger partial charge in [-0.2, -0.15) is 5.10 Å². The number of hydrogen-bond donors (Lipinski definition) is 1. The molecule has 0 saturated heterocycles. The number of halogens is 1. The number of hydrogen-bond acceptors (Lipinski definition) is 3. The van der Waals surface area contributed by atoms with E-state index in [4.69, 9.17) is 0 Å². The molecule has 5 heteroatoms. The smallest absolute Gasteiger partial charge is 0.337 e. The van der Waals surface area contributed by atoms with Crippen molar-refractivity contribution >= 4 is 32.8 Å². The van der Waals surface area contributed by atoms with Crippen LogP contribution in [0.3, 0.4) is 0 Å². The first kappa shape index (κ1) is 9.21. The summed E-state index contributed by atoms with van der Waals surface area (Å²) in [4.78, 5) is 11.2. The molecule has 0 atom stereocenters. The monoisotopic (exact) mass is 254 g/mol. The Hall–Kier alpha value is -1.36. The van der Waals surface area contributed by atoms with Crippen LogP contribution in [0.25, 0.3) is 10.9 Å². The van der Waals surface area contributed by atoms with E-state index in [-0.39, 0.29) is 5.97 Å². The standard InChI is InChI=1S/C9H7BrN2O2/c1-14-9(13)5-2-3-6-7(4-5)11-12-8(6)10/h2-4H,1H3,(H,11,12). The van der Waals surface area contributed by atoms with E-state index in [1.807, 2.05) is 6.07 Å². The van der Waals surface area contributed by atoms with Crippen molar-refractivity contribution in [2.75, 3.05) is 7.11 Å². The molecule has 1 aromatic heterocycles. The van der Waals surface area contributed by atoms with Crippen molar-refractivity contribution < 1.29 is 9.53 Å². The fourth-order valence-electron chi connectivity index (χ4n) is 1.22. The molecule has 0 spiro atoms. The summed E-state index contributed by atoms with van der Waals surface area (Å²) in [6, 6.07) is 5.20. The SMILES string of the molecule is COC(=O)c1ccc2c(Br)[nH]nc2c1. The number of fused-ring (bicyclic) bond motifs is 1. The fraction of sp³-hybridized carbons (Fsp3) is 0.111. The van der Waals surface area contributed by atoms with Crippen LogP contribution in [0.1, 0.15) is 10.4 Å². The van der Waals surface area contributed by atoms with E-state index < -0.39 is 0 Å². The normalized spacial score (nSPS) is 10.4. The third kappa shape index (κ3) is 1.39. The van der Waals surface area contributed by atoms with Gasteiger partial charge in [-0.1, -0.05) is 0 Å². The van der Waals surface area contributed by atoms with Gasteiger partial charge >= 0.3 is 5.97 Å². The molecule has 0 saturated carbocycles. The molecule has 1 aromatic carbocycles. The second-order valence-electron chi connectivity index (χ2n) is 2.76. The summed E-state index contributed by atoms with van der Waals surface area (Å²) in [6.45, 7) is 0. The Bertz CT molecular complexity index is 493. The van der Waals surface area contributed by atoms with Gasteiger partial charge in [-0.25, -0.2) is 4.79 Å². The van der Waals surface area contributed by atoms with Crippen LogP contribution in [0.2, 0.25) is 0 Å². The fourth-order valence-corrected chi connectivity index (χ4v) is 1.65. The predicted molar refractivity (Wildman–Crippen MR) is 55.1 cm³/mol. The van der Waals surface area contributed by atoms with Gasteiger partial charge in [-0.15, -0.1) is 0 Å². The van der Waals surface area contributed by atoms with Crippen LogP contribution >= 0.6 is 15.9 Å². The number of H-pyrrole nitrogens is 1. The number of carbonyl (C=O) groups excluding carboxylic acids is 1. The van der Waals surface area contributed by atoms with E-state index in [0.717, 1.165) is 15.5 Å². The molecule has 0 bridgehead atoms. The number of carbonyl (C=O) groups is 1. The molecule has 0 radical (unpaired) electrons. The van der Waals surface area contributed by atoms with Crippen LogP contribution in [-0.2, 0) is 4.74 Å². The quantitative estimate of drug-likeness (QED) is 0.794. The Morgan fingerprint density at radius 3 is 3.07 bits per heavy atom. The van der Waals surface area contributed by atoms with Crippen molar-refractivity contribution in [1.29, 1.82) is 0 Å². The maximum atomic E-state index is 11.2. The van der Waals surface area contributed by atoms with E-state index in [0.29, 0.717) is 5.56 Å². The Kier molecular flexibility index (Phi) is 2.25. The summed E-state index contributed by atoms with van der Waals surface area (Å²) >= 11 is 3.31. The summed E-state index contributed by atoms with van der Waals surface area (Å²) in [7, 11) is 1.35. The first-order valence-electron chi connectivity index (χ1n) is 3.94. The van der Waals surface area contributed by atoms with Gasteiger partial charge in [0.1, 0.15) is 4.60 Å². The molecule has 0 unspecified atom stereocenters. The van der Waals surface area contributed by atoms with Crippen LogP contribution in [-0.4, -0.2) is 23.3 Å². The second kappa shape index (κ2) is 3.42. The molecule has 4 nitrogen and oxygen atoms in total. The number of nitrogens with one attached hydrogen (secondary N) is 1. The van der Waals surface area contributed by atoms with Gasteiger partial charge in [0.15, 0.2) is 0 Å². The minimum atomic E-state index is -0.356. The van der Waals surface area contributed by atoms with Crippen LogP contribution in [0.4, 0.5) is 0 Å². The van der Waals surface area contributed by atoms with Crippen molar-refractivity contribution in [1.82, 2.24) is 10.2 Å². The summed E-state index contributed by atoms with van der Waals surface area (Å²) in [5, 5.41) is 7.73. The molecule has 1 N–H and O–H groups in total. The lowest BCUT2D eigenvalue weighted by Gasteiger charge is -1.97. The maximum absolute atomic E-state index is 11.2. The zero-order valence-electron chi connectivity index (χ0n) is 7.37. The van der Waals surface area contributed by atoms with Crippen LogP contribution in [0.15, 0.2) is 22.8 Å². The lowest BCUT2D eigenvalue weighted by molar-refractivity contribution is 0.0601. The average Bonchev–Trinajstić information content (AvgIpc) is 2.59. The number of aromatic nitrogens is 2. The summed E-state index contributed by atoms with van der Waals surface area (Å²) < 4.78 is 5.41. The highest BCUT2D eigenvalue weighted by Gasteiger charge is 2.08. The van der Waals surface area contributed by atoms with Gasteiger partial charge in [0.05, 0.1) is 18.2 Å². The summed E-state index contributed by atoms with van der Waals surface area (Å²) in [5.74, 6) is -0.356. The number of methoxy groups -OCH3 is 1. The number of nitrogens with zero attached hydrogens (tertiary/aromatic N) is 1. The summed E-state index contributed by atoms with van der Waals surface area (Å²) in [5.41, 5.74) is 1.23. The Morgan fingerprint density at radius 1 is 1.57 bits per heavy atom. The lowest BCUT2D eigenvalue weighted by atomic mass is 10.2. The van der Waals surface area contributed by atoms with Crippen molar-refractivity contribution in [3.8, 4) is 0 Å². The van der Waals surface area contributed by atoms with E-state index in [2.05, 4.69) is 30.9 Å². The average molecular weight is 255 g/mol. The third-order valence-corrected chi connectivity index (χ3v) is 2.53. The molecule has 14 heavy (non-hydrogen) atoms. The van der Waals surface area contributed by atoms with Gasteiger partial charge in [0, 0.05) is 5.39 Å². The van der Waals surface area contributed by atoms with Crippen LogP contribution < -0.4 is 0 Å².